The number of carbonyl (C=O) groups excluding carboxylic acids is 1. The zero-order chi connectivity index (χ0) is 19.6. The van der Waals surface area contributed by atoms with Gasteiger partial charge in [-0.05, 0) is 30.5 Å². The predicted molar refractivity (Wildman–Crippen MR) is 107 cm³/mol. The van der Waals surface area contributed by atoms with Gasteiger partial charge < -0.3 is 14.8 Å². The Hall–Kier alpha value is -2.35. The van der Waals surface area contributed by atoms with Crippen LogP contribution in [0.3, 0.4) is 0 Å². The molecule has 1 aliphatic rings. The monoisotopic (exact) mass is 391 g/mol. The van der Waals surface area contributed by atoms with E-state index in [2.05, 4.69) is 24.3 Å². The van der Waals surface area contributed by atoms with E-state index >= 15 is 0 Å². The van der Waals surface area contributed by atoms with Gasteiger partial charge in [-0.25, -0.2) is 0 Å². The van der Waals surface area contributed by atoms with E-state index in [1.807, 2.05) is 22.9 Å². The molecule has 0 saturated carbocycles. The standard InChI is InChI=1S/C19H25N3O4S/c1-5-12(6-2)22-18-16(19(24)21-22)17(27-10-15(23)20-18)11-7-8-13(25-3)14(9-11)26-4/h7-9,12,17H,5-6,10H2,1-4H3,(H,20,23)(H,21,24)/t17-/m0/s1. The van der Waals surface area contributed by atoms with Gasteiger partial charge in [-0.1, -0.05) is 19.9 Å². The first-order chi connectivity index (χ1) is 13.0. The van der Waals surface area contributed by atoms with Gasteiger partial charge in [0.2, 0.25) is 5.91 Å². The lowest BCUT2D eigenvalue weighted by Crippen LogP contribution is -2.19. The Balaban J connectivity index is 2.15. The highest BCUT2D eigenvalue weighted by atomic mass is 32.2. The number of nitrogens with one attached hydrogen (secondary N) is 2. The summed E-state index contributed by atoms with van der Waals surface area (Å²) >= 11 is 1.43. The van der Waals surface area contributed by atoms with E-state index in [-0.39, 0.29) is 28.5 Å². The maximum atomic E-state index is 12.8. The normalized spacial score (nSPS) is 16.6. The minimum atomic E-state index is -0.280. The summed E-state index contributed by atoms with van der Waals surface area (Å²) in [5.74, 6) is 1.96. The van der Waals surface area contributed by atoms with Crippen molar-refractivity contribution in [2.45, 2.75) is 38.0 Å². The molecule has 1 aliphatic heterocycles. The zero-order valence-electron chi connectivity index (χ0n) is 16.0. The van der Waals surface area contributed by atoms with Crippen LogP contribution in [0.4, 0.5) is 5.82 Å². The number of carbonyl (C=O) groups is 1. The molecule has 7 nitrogen and oxygen atoms in total. The molecule has 8 heteroatoms. The van der Waals surface area contributed by atoms with Gasteiger partial charge in [0, 0.05) is 0 Å². The third-order valence-electron chi connectivity index (χ3n) is 4.88. The van der Waals surface area contributed by atoms with Crippen LogP contribution in [0.25, 0.3) is 0 Å². The molecule has 1 amide bonds. The molecule has 1 atom stereocenters. The second-order valence-corrected chi connectivity index (χ2v) is 7.49. The fourth-order valence-electron chi connectivity index (χ4n) is 3.45. The summed E-state index contributed by atoms with van der Waals surface area (Å²) in [6.45, 7) is 4.13. The first-order valence-electron chi connectivity index (χ1n) is 9.01. The predicted octanol–water partition coefficient (Wildman–Crippen LogP) is 3.33. The molecular formula is C19H25N3O4S. The quantitative estimate of drug-likeness (QED) is 0.789. The number of nitrogens with zero attached hydrogens (tertiary/aromatic N) is 1. The van der Waals surface area contributed by atoms with Crippen molar-refractivity contribution < 1.29 is 14.3 Å². The van der Waals surface area contributed by atoms with Crippen LogP contribution in [0, 0.1) is 0 Å². The molecule has 1 aromatic heterocycles. The van der Waals surface area contributed by atoms with Crippen LogP contribution in [0.1, 0.15) is 49.1 Å². The zero-order valence-corrected chi connectivity index (χ0v) is 16.8. The Morgan fingerprint density at radius 2 is 1.89 bits per heavy atom. The maximum absolute atomic E-state index is 12.8. The smallest absolute Gasteiger partial charge is 0.270 e. The Morgan fingerprint density at radius 1 is 1.19 bits per heavy atom. The van der Waals surface area contributed by atoms with Crippen LogP contribution in [0.5, 0.6) is 11.5 Å². The number of methoxy groups -OCH3 is 2. The lowest BCUT2D eigenvalue weighted by molar-refractivity contribution is -0.113. The highest BCUT2D eigenvalue weighted by Crippen LogP contribution is 2.43. The Kier molecular flexibility index (Phi) is 5.84. The van der Waals surface area contributed by atoms with Crippen molar-refractivity contribution in [3.8, 4) is 11.5 Å². The van der Waals surface area contributed by atoms with Gasteiger partial charge in [-0.3, -0.25) is 19.4 Å². The number of thioether (sulfide) groups is 1. The van der Waals surface area contributed by atoms with Crippen LogP contribution in [-0.2, 0) is 4.79 Å². The van der Waals surface area contributed by atoms with Crippen LogP contribution in [0.15, 0.2) is 23.0 Å². The van der Waals surface area contributed by atoms with Crippen LogP contribution in [0.2, 0.25) is 0 Å². The van der Waals surface area contributed by atoms with E-state index in [4.69, 9.17) is 9.47 Å². The molecular weight excluding hydrogens is 366 g/mol. The molecule has 1 aromatic carbocycles. The largest absolute Gasteiger partial charge is 0.493 e. The number of H-pyrrole nitrogens is 1. The second-order valence-electron chi connectivity index (χ2n) is 6.40. The van der Waals surface area contributed by atoms with Crippen LogP contribution in [-0.4, -0.2) is 35.7 Å². The lowest BCUT2D eigenvalue weighted by Gasteiger charge is -2.19. The highest BCUT2D eigenvalue weighted by molar-refractivity contribution is 8.00. The molecule has 27 heavy (non-hydrogen) atoms. The molecule has 0 fully saturated rings. The topological polar surface area (TPSA) is 85.4 Å². The molecule has 0 aliphatic carbocycles. The minimum Gasteiger partial charge on any atom is -0.493 e. The number of amides is 1. The number of hydrogen-bond donors (Lipinski definition) is 2. The molecule has 0 spiro atoms. The number of ether oxygens (including phenoxy) is 2. The van der Waals surface area contributed by atoms with Gasteiger partial charge in [0.15, 0.2) is 11.5 Å². The SMILES string of the molecule is CCC(CC)n1[nH]c(=O)c2c1NC(=O)CS[C@H]2c1ccc(OC)c(OC)c1. The van der Waals surface area contributed by atoms with E-state index in [0.717, 1.165) is 18.4 Å². The van der Waals surface area contributed by atoms with Crippen molar-refractivity contribution in [1.29, 1.82) is 0 Å². The van der Waals surface area contributed by atoms with E-state index in [1.165, 1.54) is 11.8 Å². The molecule has 146 valence electrons. The van der Waals surface area contributed by atoms with E-state index < -0.39 is 0 Å². The number of aromatic amines is 1. The summed E-state index contributed by atoms with van der Waals surface area (Å²) in [4.78, 5) is 25.1. The van der Waals surface area contributed by atoms with Crippen molar-refractivity contribution in [2.24, 2.45) is 0 Å². The number of benzene rings is 1. The molecule has 0 radical (unpaired) electrons. The van der Waals surface area contributed by atoms with Crippen LogP contribution < -0.4 is 20.3 Å². The third kappa shape index (κ3) is 3.58. The van der Waals surface area contributed by atoms with Crippen molar-refractivity contribution in [2.75, 3.05) is 25.3 Å². The molecule has 0 saturated heterocycles. The van der Waals surface area contributed by atoms with Gasteiger partial charge >= 0.3 is 0 Å². The fourth-order valence-corrected chi connectivity index (χ4v) is 4.57. The van der Waals surface area contributed by atoms with Crippen molar-refractivity contribution in [3.05, 3.63) is 39.7 Å². The summed E-state index contributed by atoms with van der Waals surface area (Å²) < 4.78 is 12.5. The molecule has 0 bridgehead atoms. The van der Waals surface area contributed by atoms with E-state index in [9.17, 15) is 9.59 Å². The van der Waals surface area contributed by atoms with Crippen molar-refractivity contribution >= 4 is 23.5 Å². The molecule has 2 aromatic rings. The Morgan fingerprint density at radius 3 is 2.52 bits per heavy atom. The average Bonchev–Trinajstić information content (AvgIpc) is 2.88. The summed E-state index contributed by atoms with van der Waals surface area (Å²) in [7, 11) is 3.16. The molecule has 2 heterocycles. The second kappa shape index (κ2) is 8.12. The number of aromatic nitrogens is 2. The number of hydrogen-bond acceptors (Lipinski definition) is 5. The summed E-state index contributed by atoms with van der Waals surface area (Å²) in [5.41, 5.74) is 1.29. The van der Waals surface area contributed by atoms with Gasteiger partial charge in [0.25, 0.3) is 5.56 Å². The number of fused-ring (bicyclic) bond motifs is 1. The highest BCUT2D eigenvalue weighted by Gasteiger charge is 2.32. The van der Waals surface area contributed by atoms with Gasteiger partial charge in [0.1, 0.15) is 5.82 Å². The average molecular weight is 391 g/mol. The molecule has 0 unspecified atom stereocenters. The summed E-state index contributed by atoms with van der Waals surface area (Å²) in [6, 6.07) is 5.72. The Labute approximate surface area is 162 Å². The van der Waals surface area contributed by atoms with E-state index in [0.29, 0.717) is 22.9 Å². The van der Waals surface area contributed by atoms with E-state index in [1.54, 1.807) is 14.2 Å². The fraction of sp³-hybridized carbons (Fsp3) is 0.474. The third-order valence-corrected chi connectivity index (χ3v) is 6.15. The Bertz CT molecular complexity index is 886. The number of anilines is 1. The van der Waals surface area contributed by atoms with Gasteiger partial charge in [-0.2, -0.15) is 0 Å². The van der Waals surface area contributed by atoms with Gasteiger partial charge in [0.05, 0.1) is 36.8 Å². The summed E-state index contributed by atoms with van der Waals surface area (Å²) in [5, 5.41) is 5.58. The van der Waals surface area contributed by atoms with Crippen molar-refractivity contribution in [3.63, 3.8) is 0 Å². The molecule has 3 rings (SSSR count). The molecule has 2 N–H and O–H groups in total. The number of rotatable bonds is 6. The van der Waals surface area contributed by atoms with Gasteiger partial charge in [-0.15, -0.1) is 11.8 Å². The maximum Gasteiger partial charge on any atom is 0.270 e. The minimum absolute atomic E-state index is 0.108. The summed E-state index contributed by atoms with van der Waals surface area (Å²) in [6.07, 6.45) is 1.72. The first kappa shape index (κ1) is 19.4. The first-order valence-corrected chi connectivity index (χ1v) is 10.1. The van der Waals surface area contributed by atoms with Crippen LogP contribution >= 0.6 is 11.8 Å². The van der Waals surface area contributed by atoms with Crippen molar-refractivity contribution in [1.82, 2.24) is 9.78 Å². The lowest BCUT2D eigenvalue weighted by atomic mass is 10.1.